The molecule has 6 heteroatoms. The van der Waals surface area contributed by atoms with Crippen molar-refractivity contribution in [3.63, 3.8) is 0 Å². The van der Waals surface area contributed by atoms with Crippen LogP contribution in [0.15, 0.2) is 18.2 Å². The standard InChI is InChI=1S/C16H22FN3O2/c1-11(21)20-13-4-5-15(17)14(9-13)16(22)19-8-6-12-3-2-7-18-10-12/h4-5,9,12,18H,2-3,6-8,10H2,1H3,(H,19,22)(H,20,21). The first-order chi connectivity index (χ1) is 10.6. The molecule has 1 atom stereocenters. The van der Waals surface area contributed by atoms with E-state index in [1.165, 1.54) is 25.1 Å². The predicted molar refractivity (Wildman–Crippen MR) is 83.2 cm³/mol. The van der Waals surface area contributed by atoms with Crippen molar-refractivity contribution >= 4 is 17.5 Å². The van der Waals surface area contributed by atoms with Gasteiger partial charge in [0.15, 0.2) is 0 Å². The van der Waals surface area contributed by atoms with E-state index < -0.39 is 11.7 Å². The number of carbonyl (C=O) groups is 2. The van der Waals surface area contributed by atoms with Crippen LogP contribution in [0.25, 0.3) is 0 Å². The summed E-state index contributed by atoms with van der Waals surface area (Å²) in [5.74, 6) is -0.744. The van der Waals surface area contributed by atoms with Crippen molar-refractivity contribution in [1.29, 1.82) is 0 Å². The van der Waals surface area contributed by atoms with Crippen molar-refractivity contribution in [2.24, 2.45) is 5.92 Å². The minimum atomic E-state index is -0.592. The molecule has 1 fully saturated rings. The Morgan fingerprint density at radius 3 is 2.91 bits per heavy atom. The zero-order valence-electron chi connectivity index (χ0n) is 12.7. The Labute approximate surface area is 129 Å². The number of benzene rings is 1. The van der Waals surface area contributed by atoms with Gasteiger partial charge in [-0.1, -0.05) is 0 Å². The van der Waals surface area contributed by atoms with Gasteiger partial charge in [-0.05, 0) is 56.5 Å². The number of nitrogens with one attached hydrogen (secondary N) is 3. The molecule has 1 aromatic carbocycles. The van der Waals surface area contributed by atoms with Crippen molar-refractivity contribution in [3.05, 3.63) is 29.6 Å². The van der Waals surface area contributed by atoms with Crippen molar-refractivity contribution in [2.45, 2.75) is 26.2 Å². The largest absolute Gasteiger partial charge is 0.352 e. The fourth-order valence-corrected chi connectivity index (χ4v) is 2.64. The van der Waals surface area contributed by atoms with Gasteiger partial charge in [-0.15, -0.1) is 0 Å². The van der Waals surface area contributed by atoms with Gasteiger partial charge >= 0.3 is 0 Å². The Morgan fingerprint density at radius 1 is 1.41 bits per heavy atom. The van der Waals surface area contributed by atoms with Crippen LogP contribution in [-0.2, 0) is 4.79 Å². The van der Waals surface area contributed by atoms with Gasteiger partial charge < -0.3 is 16.0 Å². The summed E-state index contributed by atoms with van der Waals surface area (Å²) in [6.45, 7) is 3.92. The van der Waals surface area contributed by atoms with E-state index in [4.69, 9.17) is 0 Å². The van der Waals surface area contributed by atoms with Gasteiger partial charge in [-0.2, -0.15) is 0 Å². The van der Waals surface area contributed by atoms with Gasteiger partial charge in [0.05, 0.1) is 5.56 Å². The van der Waals surface area contributed by atoms with E-state index in [2.05, 4.69) is 16.0 Å². The fraction of sp³-hybridized carbons (Fsp3) is 0.500. The number of carbonyl (C=O) groups excluding carboxylic acids is 2. The number of halogens is 1. The smallest absolute Gasteiger partial charge is 0.254 e. The summed E-state index contributed by atoms with van der Waals surface area (Å²) in [5.41, 5.74) is 0.364. The molecule has 2 amide bonds. The highest BCUT2D eigenvalue weighted by Gasteiger charge is 2.15. The monoisotopic (exact) mass is 307 g/mol. The van der Waals surface area contributed by atoms with Crippen LogP contribution in [-0.4, -0.2) is 31.4 Å². The van der Waals surface area contributed by atoms with Crippen LogP contribution >= 0.6 is 0 Å². The summed E-state index contributed by atoms with van der Waals surface area (Å²) >= 11 is 0. The van der Waals surface area contributed by atoms with Crippen LogP contribution in [0.4, 0.5) is 10.1 Å². The third kappa shape index (κ3) is 4.80. The highest BCUT2D eigenvalue weighted by atomic mass is 19.1. The first-order valence-electron chi connectivity index (χ1n) is 7.62. The molecule has 120 valence electrons. The van der Waals surface area contributed by atoms with E-state index in [1.54, 1.807) is 0 Å². The molecule has 0 aromatic heterocycles. The number of hydrogen-bond donors (Lipinski definition) is 3. The average molecular weight is 307 g/mol. The number of hydrogen-bond acceptors (Lipinski definition) is 3. The quantitative estimate of drug-likeness (QED) is 0.778. The molecule has 1 aliphatic heterocycles. The summed E-state index contributed by atoms with van der Waals surface area (Å²) in [5, 5.41) is 8.62. The molecule has 2 rings (SSSR count). The van der Waals surface area contributed by atoms with Crippen LogP contribution in [0, 0.1) is 11.7 Å². The summed E-state index contributed by atoms with van der Waals surface area (Å²) in [4.78, 5) is 23.1. The molecule has 3 N–H and O–H groups in total. The van der Waals surface area contributed by atoms with Gasteiger partial charge in [0.1, 0.15) is 5.82 Å². The van der Waals surface area contributed by atoms with Crippen molar-refractivity contribution in [2.75, 3.05) is 25.0 Å². The topological polar surface area (TPSA) is 70.2 Å². The minimum absolute atomic E-state index is 0.0481. The lowest BCUT2D eigenvalue weighted by Gasteiger charge is -2.22. The summed E-state index contributed by atoms with van der Waals surface area (Å²) in [7, 11) is 0. The van der Waals surface area contributed by atoms with Crippen LogP contribution in [0.2, 0.25) is 0 Å². The second-order valence-corrected chi connectivity index (χ2v) is 5.63. The molecule has 0 spiro atoms. The van der Waals surface area contributed by atoms with Gasteiger partial charge in [0, 0.05) is 19.2 Å². The third-order valence-corrected chi connectivity index (χ3v) is 3.77. The maximum atomic E-state index is 13.8. The predicted octanol–water partition coefficient (Wildman–Crippen LogP) is 1.90. The summed E-state index contributed by atoms with van der Waals surface area (Å²) in [6.07, 6.45) is 3.20. The molecular weight excluding hydrogens is 285 g/mol. The zero-order valence-corrected chi connectivity index (χ0v) is 12.7. The van der Waals surface area contributed by atoms with Crippen LogP contribution in [0.5, 0.6) is 0 Å². The second kappa shape index (κ2) is 7.89. The molecule has 1 saturated heterocycles. The van der Waals surface area contributed by atoms with Crippen molar-refractivity contribution < 1.29 is 14.0 Å². The van der Waals surface area contributed by atoms with Crippen molar-refractivity contribution in [1.82, 2.24) is 10.6 Å². The number of rotatable bonds is 5. The second-order valence-electron chi connectivity index (χ2n) is 5.63. The lowest BCUT2D eigenvalue weighted by atomic mass is 9.96. The Hall–Kier alpha value is -1.95. The molecule has 22 heavy (non-hydrogen) atoms. The van der Waals surface area contributed by atoms with E-state index in [0.717, 1.165) is 32.4 Å². The highest BCUT2D eigenvalue weighted by Crippen LogP contribution is 2.16. The van der Waals surface area contributed by atoms with Crippen LogP contribution < -0.4 is 16.0 Å². The molecule has 0 bridgehead atoms. The Bertz CT molecular complexity index is 542. The molecule has 0 saturated carbocycles. The number of piperidine rings is 1. The minimum Gasteiger partial charge on any atom is -0.352 e. The maximum absolute atomic E-state index is 13.8. The molecule has 1 unspecified atom stereocenters. The highest BCUT2D eigenvalue weighted by molar-refractivity contribution is 5.97. The van der Waals surface area contributed by atoms with Crippen LogP contribution in [0.1, 0.15) is 36.5 Å². The van der Waals surface area contributed by atoms with E-state index in [-0.39, 0.29) is 11.5 Å². The first-order valence-corrected chi connectivity index (χ1v) is 7.62. The molecule has 5 nitrogen and oxygen atoms in total. The molecule has 1 aliphatic rings. The van der Waals surface area contributed by atoms with Crippen molar-refractivity contribution in [3.8, 4) is 0 Å². The lowest BCUT2D eigenvalue weighted by molar-refractivity contribution is -0.114. The van der Waals surface area contributed by atoms with Gasteiger partial charge in [0.25, 0.3) is 5.91 Å². The van der Waals surface area contributed by atoms with Gasteiger partial charge in [0.2, 0.25) is 5.91 Å². The Balaban J connectivity index is 1.89. The van der Waals surface area contributed by atoms with E-state index in [0.29, 0.717) is 18.2 Å². The average Bonchev–Trinajstić information content (AvgIpc) is 2.49. The summed E-state index contributed by atoms with van der Waals surface area (Å²) in [6, 6.07) is 3.97. The SMILES string of the molecule is CC(=O)Nc1ccc(F)c(C(=O)NCCC2CCCNC2)c1. The lowest BCUT2D eigenvalue weighted by Crippen LogP contribution is -2.33. The Morgan fingerprint density at radius 2 is 2.23 bits per heavy atom. The fourth-order valence-electron chi connectivity index (χ4n) is 2.64. The van der Waals surface area contributed by atoms with Crippen LogP contribution in [0.3, 0.4) is 0 Å². The normalized spacial score (nSPS) is 17.8. The summed E-state index contributed by atoms with van der Waals surface area (Å²) < 4.78 is 13.8. The maximum Gasteiger partial charge on any atom is 0.254 e. The van der Waals surface area contributed by atoms with E-state index >= 15 is 0 Å². The molecule has 1 aromatic rings. The zero-order chi connectivity index (χ0) is 15.9. The van der Waals surface area contributed by atoms with Gasteiger partial charge in [-0.25, -0.2) is 4.39 Å². The molecule has 0 radical (unpaired) electrons. The van der Waals surface area contributed by atoms with E-state index in [1.807, 2.05) is 0 Å². The first kappa shape index (κ1) is 16.4. The van der Waals surface area contributed by atoms with E-state index in [9.17, 15) is 14.0 Å². The number of anilines is 1. The molecular formula is C16H22FN3O2. The third-order valence-electron chi connectivity index (χ3n) is 3.77. The number of amides is 2. The van der Waals surface area contributed by atoms with Gasteiger partial charge in [-0.3, -0.25) is 9.59 Å². The molecule has 0 aliphatic carbocycles. The Kier molecular flexibility index (Phi) is 5.89. The molecule has 1 heterocycles.